The molecule has 0 fully saturated rings. The second kappa shape index (κ2) is 11.8. The van der Waals surface area contributed by atoms with Gasteiger partial charge in [-0.05, 0) is 86.1 Å². The summed E-state index contributed by atoms with van der Waals surface area (Å²) in [7, 11) is -3.62. The SMILES string of the molecule is CCCCN(CCCC)S(=O)(=O)c1ccc(C(=O)Nc2nnc(-c3ccc4c(c3)CCCC4)o2)cc1. The minimum atomic E-state index is -3.62. The molecule has 0 aliphatic heterocycles. The first-order chi connectivity index (χ1) is 17.4. The summed E-state index contributed by atoms with van der Waals surface area (Å²) in [6.45, 7) is 5.06. The molecule has 36 heavy (non-hydrogen) atoms. The summed E-state index contributed by atoms with van der Waals surface area (Å²) in [5.41, 5.74) is 3.80. The third kappa shape index (κ3) is 6.02. The van der Waals surface area contributed by atoms with Gasteiger partial charge in [0.2, 0.25) is 15.9 Å². The third-order valence-electron chi connectivity index (χ3n) is 6.52. The highest BCUT2D eigenvalue weighted by molar-refractivity contribution is 7.89. The predicted molar refractivity (Wildman–Crippen MR) is 139 cm³/mol. The molecule has 9 heteroatoms. The second-order valence-electron chi connectivity index (χ2n) is 9.19. The topological polar surface area (TPSA) is 105 Å². The Morgan fingerprint density at radius 2 is 1.61 bits per heavy atom. The number of fused-ring (bicyclic) bond motifs is 1. The van der Waals surface area contributed by atoms with Gasteiger partial charge in [0.05, 0.1) is 4.90 Å². The van der Waals surface area contributed by atoms with Crippen LogP contribution in [-0.2, 0) is 22.9 Å². The number of sulfonamides is 1. The van der Waals surface area contributed by atoms with Gasteiger partial charge in [0, 0.05) is 24.2 Å². The summed E-state index contributed by atoms with van der Waals surface area (Å²) < 4.78 is 33.5. The van der Waals surface area contributed by atoms with E-state index in [1.54, 1.807) is 0 Å². The fourth-order valence-electron chi connectivity index (χ4n) is 4.37. The van der Waals surface area contributed by atoms with Crippen molar-refractivity contribution < 1.29 is 17.6 Å². The second-order valence-corrected chi connectivity index (χ2v) is 11.1. The summed E-state index contributed by atoms with van der Waals surface area (Å²) in [4.78, 5) is 12.9. The van der Waals surface area contributed by atoms with Crippen molar-refractivity contribution in [1.82, 2.24) is 14.5 Å². The van der Waals surface area contributed by atoms with Gasteiger partial charge in [-0.1, -0.05) is 37.9 Å². The lowest BCUT2D eigenvalue weighted by Crippen LogP contribution is -2.33. The molecule has 0 spiro atoms. The van der Waals surface area contributed by atoms with E-state index in [9.17, 15) is 13.2 Å². The number of unbranched alkanes of at least 4 members (excludes halogenated alkanes) is 2. The summed E-state index contributed by atoms with van der Waals surface area (Å²) in [6, 6.07) is 12.1. The number of hydrogen-bond acceptors (Lipinski definition) is 6. The summed E-state index contributed by atoms with van der Waals surface area (Å²) in [5.74, 6) is -0.104. The Kier molecular flexibility index (Phi) is 8.53. The van der Waals surface area contributed by atoms with Crippen LogP contribution in [0.25, 0.3) is 11.5 Å². The number of hydrogen-bond donors (Lipinski definition) is 1. The molecule has 0 radical (unpaired) electrons. The number of aromatic nitrogens is 2. The number of anilines is 1. The Hall–Kier alpha value is -3.04. The quantitative estimate of drug-likeness (QED) is 0.367. The largest absolute Gasteiger partial charge is 0.403 e. The maximum absolute atomic E-state index is 13.1. The van der Waals surface area contributed by atoms with Crippen LogP contribution in [0, 0.1) is 0 Å². The molecule has 2 aromatic carbocycles. The van der Waals surface area contributed by atoms with Crippen LogP contribution in [0.5, 0.6) is 0 Å². The number of carbonyl (C=O) groups excluding carboxylic acids is 1. The van der Waals surface area contributed by atoms with Gasteiger partial charge in [-0.2, -0.15) is 4.31 Å². The van der Waals surface area contributed by atoms with E-state index in [1.807, 2.05) is 19.9 Å². The number of benzene rings is 2. The van der Waals surface area contributed by atoms with Crippen LogP contribution in [0.3, 0.4) is 0 Å². The van der Waals surface area contributed by atoms with E-state index in [0.29, 0.717) is 24.5 Å². The van der Waals surface area contributed by atoms with E-state index in [2.05, 4.69) is 27.6 Å². The van der Waals surface area contributed by atoms with E-state index in [0.717, 1.165) is 44.1 Å². The van der Waals surface area contributed by atoms with Crippen LogP contribution < -0.4 is 5.32 Å². The van der Waals surface area contributed by atoms with E-state index >= 15 is 0 Å². The first-order valence-electron chi connectivity index (χ1n) is 12.8. The van der Waals surface area contributed by atoms with E-state index in [1.165, 1.54) is 52.5 Å². The monoisotopic (exact) mass is 510 g/mol. The highest BCUT2D eigenvalue weighted by Crippen LogP contribution is 2.27. The summed E-state index contributed by atoms with van der Waals surface area (Å²) in [5, 5.41) is 10.6. The lowest BCUT2D eigenvalue weighted by molar-refractivity contribution is 0.102. The molecule has 1 N–H and O–H groups in total. The van der Waals surface area contributed by atoms with Crippen molar-refractivity contribution >= 4 is 21.9 Å². The van der Waals surface area contributed by atoms with Crippen molar-refractivity contribution in [2.24, 2.45) is 0 Å². The number of amides is 1. The minimum absolute atomic E-state index is 0.00488. The van der Waals surface area contributed by atoms with Gasteiger partial charge < -0.3 is 4.42 Å². The average Bonchev–Trinajstić information content (AvgIpc) is 3.37. The summed E-state index contributed by atoms with van der Waals surface area (Å²) in [6.07, 6.45) is 7.98. The van der Waals surface area contributed by atoms with E-state index in [-0.39, 0.29) is 10.9 Å². The molecule has 1 aromatic heterocycles. The first kappa shape index (κ1) is 26.0. The van der Waals surface area contributed by atoms with Gasteiger partial charge in [-0.25, -0.2) is 8.42 Å². The number of aryl methyl sites for hydroxylation is 2. The fourth-order valence-corrected chi connectivity index (χ4v) is 5.89. The Labute approximate surface area is 213 Å². The van der Waals surface area contributed by atoms with Crippen LogP contribution >= 0.6 is 0 Å². The van der Waals surface area contributed by atoms with Crippen LogP contribution in [0.4, 0.5) is 6.01 Å². The number of nitrogens with one attached hydrogen (secondary N) is 1. The number of nitrogens with zero attached hydrogens (tertiary/aromatic N) is 3. The highest BCUT2D eigenvalue weighted by Gasteiger charge is 2.24. The number of carbonyl (C=O) groups is 1. The molecular formula is C27H34N4O4S. The molecule has 1 heterocycles. The third-order valence-corrected chi connectivity index (χ3v) is 8.43. The van der Waals surface area contributed by atoms with Crippen LogP contribution in [0.15, 0.2) is 51.8 Å². The zero-order chi connectivity index (χ0) is 25.5. The fraction of sp³-hybridized carbons (Fsp3) is 0.444. The van der Waals surface area contributed by atoms with Crippen LogP contribution in [-0.4, -0.2) is 41.9 Å². The Balaban J connectivity index is 1.43. The maximum Gasteiger partial charge on any atom is 0.322 e. The number of rotatable bonds is 11. The molecule has 1 aliphatic rings. The summed E-state index contributed by atoms with van der Waals surface area (Å²) >= 11 is 0. The molecule has 0 atom stereocenters. The first-order valence-corrected chi connectivity index (χ1v) is 14.2. The van der Waals surface area contributed by atoms with Crippen LogP contribution in [0.1, 0.15) is 73.9 Å². The molecule has 0 saturated heterocycles. The lowest BCUT2D eigenvalue weighted by Gasteiger charge is -2.22. The normalized spacial score (nSPS) is 13.5. The average molecular weight is 511 g/mol. The molecule has 0 bridgehead atoms. The van der Waals surface area contributed by atoms with E-state index < -0.39 is 15.9 Å². The van der Waals surface area contributed by atoms with Gasteiger partial charge in [-0.3, -0.25) is 10.1 Å². The molecule has 0 saturated carbocycles. The van der Waals surface area contributed by atoms with Crippen LogP contribution in [0.2, 0.25) is 0 Å². The highest BCUT2D eigenvalue weighted by atomic mass is 32.2. The van der Waals surface area contributed by atoms with Crippen molar-refractivity contribution in [3.63, 3.8) is 0 Å². The van der Waals surface area contributed by atoms with Crippen molar-refractivity contribution in [2.45, 2.75) is 70.1 Å². The Bertz CT molecular complexity index is 1280. The molecule has 0 unspecified atom stereocenters. The zero-order valence-electron chi connectivity index (χ0n) is 21.0. The zero-order valence-corrected chi connectivity index (χ0v) is 21.8. The van der Waals surface area contributed by atoms with Crippen molar-refractivity contribution in [1.29, 1.82) is 0 Å². The predicted octanol–water partition coefficient (Wildman–Crippen LogP) is 5.46. The Morgan fingerprint density at radius 3 is 2.28 bits per heavy atom. The maximum atomic E-state index is 13.1. The van der Waals surface area contributed by atoms with Gasteiger partial charge in [0.15, 0.2) is 0 Å². The molecular weight excluding hydrogens is 476 g/mol. The molecule has 1 aliphatic carbocycles. The van der Waals surface area contributed by atoms with Crippen molar-refractivity contribution in [3.8, 4) is 11.5 Å². The van der Waals surface area contributed by atoms with Crippen molar-refractivity contribution in [3.05, 3.63) is 59.2 Å². The molecule has 4 rings (SSSR count). The smallest absolute Gasteiger partial charge is 0.322 e. The standard InChI is InChI=1S/C27H34N4O4S/c1-3-5-17-31(18-6-4-2)36(33,34)24-15-13-21(14-16-24)25(32)28-27-30-29-26(35-27)23-12-11-20-9-7-8-10-22(20)19-23/h11-16,19H,3-10,17-18H2,1-2H3,(H,28,30,32). The Morgan fingerprint density at radius 1 is 0.944 bits per heavy atom. The molecule has 8 nitrogen and oxygen atoms in total. The molecule has 192 valence electrons. The minimum Gasteiger partial charge on any atom is -0.403 e. The lowest BCUT2D eigenvalue weighted by atomic mass is 9.90. The van der Waals surface area contributed by atoms with Crippen molar-refractivity contribution in [2.75, 3.05) is 18.4 Å². The molecule has 3 aromatic rings. The van der Waals surface area contributed by atoms with Gasteiger partial charge >= 0.3 is 6.01 Å². The van der Waals surface area contributed by atoms with Gasteiger partial charge in [0.1, 0.15) is 0 Å². The van der Waals surface area contributed by atoms with Gasteiger partial charge in [-0.15, -0.1) is 5.10 Å². The van der Waals surface area contributed by atoms with E-state index in [4.69, 9.17) is 4.42 Å². The molecule has 1 amide bonds. The van der Waals surface area contributed by atoms with Gasteiger partial charge in [0.25, 0.3) is 5.91 Å².